The van der Waals surface area contributed by atoms with E-state index in [9.17, 15) is 13.2 Å². The van der Waals surface area contributed by atoms with Crippen LogP contribution in [0.4, 0.5) is 5.69 Å². The van der Waals surface area contributed by atoms with Crippen molar-refractivity contribution in [1.29, 1.82) is 0 Å². The highest BCUT2D eigenvalue weighted by atomic mass is 35.5. The number of halogens is 1. The number of nitrogens with one attached hydrogen (secondary N) is 1. The van der Waals surface area contributed by atoms with Gasteiger partial charge >= 0.3 is 5.97 Å². The molecule has 1 N–H and O–H groups in total. The summed E-state index contributed by atoms with van der Waals surface area (Å²) in [6.07, 6.45) is 0. The molecule has 26 heavy (non-hydrogen) atoms. The summed E-state index contributed by atoms with van der Waals surface area (Å²) in [6.45, 7) is 1.50. The second kappa shape index (κ2) is 8.29. The van der Waals surface area contributed by atoms with Crippen LogP contribution in [0.15, 0.2) is 41.3 Å². The van der Waals surface area contributed by atoms with Gasteiger partial charge in [-0.1, -0.05) is 11.6 Å². The third-order valence-electron chi connectivity index (χ3n) is 3.44. The molecule has 2 aromatic rings. The lowest BCUT2D eigenvalue weighted by Crippen LogP contribution is -2.14. The molecule has 0 spiro atoms. The molecule has 0 aromatic heterocycles. The molecule has 9 heteroatoms. The Kier molecular flexibility index (Phi) is 6.33. The molecule has 0 fully saturated rings. The van der Waals surface area contributed by atoms with Crippen LogP contribution < -0.4 is 14.2 Å². The Balaban J connectivity index is 2.20. The van der Waals surface area contributed by atoms with Crippen LogP contribution in [-0.2, 0) is 19.6 Å². The maximum Gasteiger partial charge on any atom is 0.343 e. The van der Waals surface area contributed by atoms with Gasteiger partial charge in [0.15, 0.2) is 6.61 Å². The number of anilines is 1. The van der Waals surface area contributed by atoms with E-state index in [0.717, 1.165) is 0 Å². The van der Waals surface area contributed by atoms with Crippen molar-refractivity contribution in [2.75, 3.05) is 25.5 Å². The van der Waals surface area contributed by atoms with Gasteiger partial charge in [0.2, 0.25) is 0 Å². The van der Waals surface area contributed by atoms with E-state index in [1.54, 1.807) is 19.1 Å². The highest BCUT2D eigenvalue weighted by molar-refractivity contribution is 7.92. The number of benzene rings is 2. The first-order chi connectivity index (χ1) is 12.3. The lowest BCUT2D eigenvalue weighted by atomic mass is 10.2. The van der Waals surface area contributed by atoms with E-state index in [0.29, 0.717) is 22.1 Å². The molecular weight excluding hydrogens is 382 g/mol. The molecule has 0 aliphatic rings. The minimum Gasteiger partial charge on any atom is -0.495 e. The summed E-state index contributed by atoms with van der Waals surface area (Å²) in [4.78, 5) is 11.1. The monoisotopic (exact) mass is 399 g/mol. The summed E-state index contributed by atoms with van der Waals surface area (Å²) in [7, 11) is -1.18. The van der Waals surface area contributed by atoms with Crippen LogP contribution >= 0.6 is 11.6 Å². The number of hydrogen-bond donors (Lipinski definition) is 1. The molecule has 0 unspecified atom stereocenters. The van der Waals surface area contributed by atoms with Crippen molar-refractivity contribution in [1.82, 2.24) is 0 Å². The number of aryl methyl sites for hydroxylation is 1. The van der Waals surface area contributed by atoms with Gasteiger partial charge < -0.3 is 14.2 Å². The topological polar surface area (TPSA) is 90.9 Å². The minimum atomic E-state index is -3.85. The summed E-state index contributed by atoms with van der Waals surface area (Å²) in [5, 5.41) is 0.469. The Labute approximate surface area is 156 Å². The van der Waals surface area contributed by atoms with Gasteiger partial charge in [-0.2, -0.15) is 0 Å². The van der Waals surface area contributed by atoms with Gasteiger partial charge in [-0.15, -0.1) is 0 Å². The first-order valence-electron chi connectivity index (χ1n) is 7.43. The van der Waals surface area contributed by atoms with Crippen LogP contribution in [0, 0.1) is 6.92 Å². The number of methoxy groups -OCH3 is 2. The predicted molar refractivity (Wildman–Crippen MR) is 97.5 cm³/mol. The van der Waals surface area contributed by atoms with E-state index in [4.69, 9.17) is 21.1 Å². The van der Waals surface area contributed by atoms with Gasteiger partial charge in [0.25, 0.3) is 10.0 Å². The van der Waals surface area contributed by atoms with Crippen LogP contribution in [0.3, 0.4) is 0 Å². The van der Waals surface area contributed by atoms with Crippen molar-refractivity contribution < 1.29 is 27.4 Å². The van der Waals surface area contributed by atoms with Crippen molar-refractivity contribution in [3.8, 4) is 11.5 Å². The number of carbonyl (C=O) groups excluding carboxylic acids is 1. The maximum absolute atomic E-state index is 12.6. The highest BCUT2D eigenvalue weighted by Gasteiger charge is 2.18. The Morgan fingerprint density at radius 1 is 1.15 bits per heavy atom. The van der Waals surface area contributed by atoms with Crippen molar-refractivity contribution in [3.05, 3.63) is 47.0 Å². The zero-order valence-corrected chi connectivity index (χ0v) is 16.0. The number of sulfonamides is 1. The van der Waals surface area contributed by atoms with Crippen molar-refractivity contribution in [2.24, 2.45) is 0 Å². The highest BCUT2D eigenvalue weighted by Crippen LogP contribution is 2.32. The fourth-order valence-corrected chi connectivity index (χ4v) is 3.25. The fraction of sp³-hybridized carbons (Fsp3) is 0.235. The molecule has 140 valence electrons. The molecule has 0 saturated heterocycles. The summed E-state index contributed by atoms with van der Waals surface area (Å²) in [5.41, 5.74) is 0.983. The molecule has 0 aliphatic carbocycles. The van der Waals surface area contributed by atoms with Gasteiger partial charge in [0.05, 0.1) is 24.8 Å². The molecule has 2 aromatic carbocycles. The lowest BCUT2D eigenvalue weighted by Gasteiger charge is -2.14. The number of hydrogen-bond acceptors (Lipinski definition) is 6. The first-order valence-corrected chi connectivity index (χ1v) is 9.29. The van der Waals surface area contributed by atoms with Crippen molar-refractivity contribution in [3.63, 3.8) is 0 Å². The number of carbonyl (C=O) groups is 1. The molecule has 7 nitrogen and oxygen atoms in total. The molecule has 0 heterocycles. The summed E-state index contributed by atoms with van der Waals surface area (Å²) < 4.78 is 42.4. The van der Waals surface area contributed by atoms with E-state index in [1.165, 1.54) is 38.5 Å². The lowest BCUT2D eigenvalue weighted by molar-refractivity contribution is -0.142. The number of rotatable bonds is 7. The minimum absolute atomic E-state index is 0.0255. The Morgan fingerprint density at radius 3 is 2.38 bits per heavy atom. The molecule has 0 aliphatic heterocycles. The standard InChI is InChI=1S/C17H18ClNO6S/c1-11-8-15(16(23-2)9-14(11)18)19-26(21,22)13-6-4-12(5-7-13)25-10-17(20)24-3/h4-9,19H,10H2,1-3H3. The Hall–Kier alpha value is -2.45. The average molecular weight is 400 g/mol. The van der Waals surface area contributed by atoms with Crippen molar-refractivity contribution >= 4 is 33.3 Å². The molecule has 2 rings (SSSR count). The van der Waals surface area contributed by atoms with Gasteiger partial charge in [-0.25, -0.2) is 13.2 Å². The summed E-state index contributed by atoms with van der Waals surface area (Å²) in [6, 6.07) is 8.75. The zero-order valence-electron chi connectivity index (χ0n) is 14.4. The molecule has 0 radical (unpaired) electrons. The summed E-state index contributed by atoms with van der Waals surface area (Å²) in [5.74, 6) is 0.116. The Morgan fingerprint density at radius 2 is 1.81 bits per heavy atom. The molecule has 0 amide bonds. The number of ether oxygens (including phenoxy) is 3. The molecular formula is C17H18ClNO6S. The van der Waals surface area contributed by atoms with E-state index in [1.807, 2.05) is 0 Å². The maximum atomic E-state index is 12.6. The fourth-order valence-electron chi connectivity index (χ4n) is 2.03. The Bertz CT molecular complexity index is 896. The van der Waals surface area contributed by atoms with Crippen LogP contribution in [0.25, 0.3) is 0 Å². The van der Waals surface area contributed by atoms with Crippen LogP contribution in [0.1, 0.15) is 5.56 Å². The van der Waals surface area contributed by atoms with E-state index in [2.05, 4.69) is 9.46 Å². The zero-order chi connectivity index (χ0) is 19.3. The second-order valence-electron chi connectivity index (χ2n) is 5.24. The molecule has 0 saturated carbocycles. The average Bonchev–Trinajstić information content (AvgIpc) is 2.62. The van der Waals surface area contributed by atoms with E-state index in [-0.39, 0.29) is 17.2 Å². The molecule has 0 bridgehead atoms. The first kappa shape index (κ1) is 19.9. The van der Waals surface area contributed by atoms with Gasteiger partial charge in [-0.3, -0.25) is 4.72 Å². The predicted octanol–water partition coefficient (Wildman–Crippen LogP) is 3.01. The normalized spacial score (nSPS) is 10.9. The van der Waals surface area contributed by atoms with E-state index < -0.39 is 16.0 Å². The SMILES string of the molecule is COC(=O)COc1ccc(S(=O)(=O)Nc2cc(C)c(Cl)cc2OC)cc1. The summed E-state index contributed by atoms with van der Waals surface area (Å²) >= 11 is 6.03. The third kappa shape index (κ3) is 4.80. The van der Waals surface area contributed by atoms with Gasteiger partial charge in [0.1, 0.15) is 11.5 Å². The van der Waals surface area contributed by atoms with Crippen LogP contribution in [0.2, 0.25) is 5.02 Å². The van der Waals surface area contributed by atoms with E-state index >= 15 is 0 Å². The van der Waals surface area contributed by atoms with Crippen LogP contribution in [0.5, 0.6) is 11.5 Å². The number of esters is 1. The van der Waals surface area contributed by atoms with Gasteiger partial charge in [-0.05, 0) is 42.8 Å². The quantitative estimate of drug-likeness (QED) is 0.719. The molecule has 0 atom stereocenters. The third-order valence-corrected chi connectivity index (χ3v) is 5.23. The van der Waals surface area contributed by atoms with Gasteiger partial charge in [0, 0.05) is 11.1 Å². The van der Waals surface area contributed by atoms with Crippen molar-refractivity contribution in [2.45, 2.75) is 11.8 Å². The smallest absolute Gasteiger partial charge is 0.343 e. The van der Waals surface area contributed by atoms with Crippen LogP contribution in [-0.4, -0.2) is 35.2 Å². The second-order valence-corrected chi connectivity index (χ2v) is 7.33. The largest absolute Gasteiger partial charge is 0.495 e.